The largest absolute Gasteiger partial charge is 0.478 e. The third kappa shape index (κ3) is 5.52. The Morgan fingerprint density at radius 3 is 2.24 bits per heavy atom. The van der Waals surface area contributed by atoms with Crippen molar-refractivity contribution in [1.82, 2.24) is 9.62 Å². The third-order valence-corrected chi connectivity index (χ3v) is 4.67. The van der Waals surface area contributed by atoms with Crippen molar-refractivity contribution in [2.75, 3.05) is 19.8 Å². The smallest absolute Gasteiger partial charge is 0.335 e. The van der Waals surface area contributed by atoms with E-state index in [-0.39, 0.29) is 30.2 Å². The number of benzene rings is 1. The number of carbonyl (C=O) groups is 2. The van der Waals surface area contributed by atoms with Gasteiger partial charge in [-0.1, -0.05) is 12.1 Å². The van der Waals surface area contributed by atoms with Gasteiger partial charge in [-0.25, -0.2) is 17.5 Å². The van der Waals surface area contributed by atoms with Crippen molar-refractivity contribution in [3.63, 3.8) is 0 Å². The molecule has 0 saturated heterocycles. The first-order chi connectivity index (χ1) is 9.72. The number of carbonyl (C=O) groups excluding carboxylic acids is 1. The summed E-state index contributed by atoms with van der Waals surface area (Å²) in [6.45, 7) is 0.223. The third-order valence-electron chi connectivity index (χ3n) is 2.83. The molecule has 0 aromatic heterocycles. The highest BCUT2D eigenvalue weighted by Crippen LogP contribution is 2.04. The Morgan fingerprint density at radius 1 is 1.19 bits per heavy atom. The van der Waals surface area contributed by atoms with Crippen LogP contribution in [0.5, 0.6) is 0 Å². The molecule has 116 valence electrons. The number of hydrogen-bond donors (Lipinski definition) is 2. The van der Waals surface area contributed by atoms with Gasteiger partial charge in [0.1, 0.15) is 0 Å². The van der Waals surface area contributed by atoms with Gasteiger partial charge in [-0.2, -0.15) is 0 Å². The first-order valence-corrected chi connectivity index (χ1v) is 7.82. The van der Waals surface area contributed by atoms with Gasteiger partial charge in [0.25, 0.3) is 0 Å². The molecule has 0 aliphatic rings. The maximum Gasteiger partial charge on any atom is 0.335 e. The average Bonchev–Trinajstić information content (AvgIpc) is 2.43. The van der Waals surface area contributed by atoms with Crippen molar-refractivity contribution in [3.8, 4) is 0 Å². The number of hydrogen-bond acceptors (Lipinski definition) is 4. The Balaban J connectivity index is 2.45. The summed E-state index contributed by atoms with van der Waals surface area (Å²) in [7, 11) is -0.556. The molecule has 7 nitrogen and oxygen atoms in total. The standard InChI is InChI=1S/C13H18N2O5S/c1-15(2)21(19,20)8-7-12(16)14-9-10-3-5-11(6-4-10)13(17)18/h3-6H,7-9H2,1-2H3,(H,14,16)(H,17,18). The highest BCUT2D eigenvalue weighted by molar-refractivity contribution is 7.89. The summed E-state index contributed by atoms with van der Waals surface area (Å²) in [5.74, 6) is -1.63. The zero-order valence-corrected chi connectivity index (χ0v) is 12.7. The number of carboxylic acid groups (broad SMARTS) is 1. The highest BCUT2D eigenvalue weighted by Gasteiger charge is 2.15. The number of nitrogens with zero attached hydrogens (tertiary/aromatic N) is 1. The van der Waals surface area contributed by atoms with Gasteiger partial charge in [0.15, 0.2) is 0 Å². The maximum atomic E-state index is 11.6. The van der Waals surface area contributed by atoms with E-state index in [1.807, 2.05) is 0 Å². The summed E-state index contributed by atoms with van der Waals surface area (Å²) < 4.78 is 24.1. The van der Waals surface area contributed by atoms with Crippen LogP contribution in [0.2, 0.25) is 0 Å². The van der Waals surface area contributed by atoms with Crippen LogP contribution in [0, 0.1) is 0 Å². The lowest BCUT2D eigenvalue weighted by Crippen LogP contribution is -2.30. The molecular formula is C13H18N2O5S. The Bertz CT molecular complexity index is 608. The van der Waals surface area contributed by atoms with E-state index in [9.17, 15) is 18.0 Å². The molecule has 0 unspecified atom stereocenters. The zero-order valence-electron chi connectivity index (χ0n) is 11.9. The molecular weight excluding hydrogens is 296 g/mol. The van der Waals surface area contributed by atoms with Crippen molar-refractivity contribution in [1.29, 1.82) is 0 Å². The number of rotatable bonds is 7. The highest BCUT2D eigenvalue weighted by atomic mass is 32.2. The van der Waals surface area contributed by atoms with Crippen LogP contribution in [-0.2, 0) is 21.4 Å². The number of carboxylic acids is 1. The quantitative estimate of drug-likeness (QED) is 0.752. The Morgan fingerprint density at radius 2 is 1.76 bits per heavy atom. The Hall–Kier alpha value is -1.93. The predicted octanol–water partition coefficient (Wildman–Crippen LogP) is 0.283. The van der Waals surface area contributed by atoms with E-state index < -0.39 is 16.0 Å². The van der Waals surface area contributed by atoms with Gasteiger partial charge in [0, 0.05) is 27.1 Å². The number of aromatic carboxylic acids is 1. The molecule has 0 aliphatic heterocycles. The van der Waals surface area contributed by atoms with Gasteiger partial charge in [-0.3, -0.25) is 4.79 Å². The first kappa shape index (κ1) is 17.1. The maximum absolute atomic E-state index is 11.6. The topological polar surface area (TPSA) is 104 Å². The van der Waals surface area contributed by atoms with Gasteiger partial charge in [-0.15, -0.1) is 0 Å². The van der Waals surface area contributed by atoms with Gasteiger partial charge < -0.3 is 10.4 Å². The molecule has 21 heavy (non-hydrogen) atoms. The average molecular weight is 314 g/mol. The number of amides is 1. The second kappa shape index (κ2) is 7.19. The molecule has 0 bridgehead atoms. The van der Waals surface area contributed by atoms with Crippen LogP contribution >= 0.6 is 0 Å². The minimum absolute atomic E-state index is 0.117. The number of sulfonamides is 1. The molecule has 0 radical (unpaired) electrons. The lowest BCUT2D eigenvalue weighted by Gasteiger charge is -2.11. The van der Waals surface area contributed by atoms with Gasteiger partial charge >= 0.3 is 5.97 Å². The fourth-order valence-corrected chi connectivity index (χ4v) is 2.27. The zero-order chi connectivity index (χ0) is 16.0. The van der Waals surface area contributed by atoms with Crippen LogP contribution < -0.4 is 5.32 Å². The second-order valence-corrected chi connectivity index (χ2v) is 6.93. The molecule has 0 atom stereocenters. The van der Waals surface area contributed by atoms with Crippen LogP contribution in [0.15, 0.2) is 24.3 Å². The van der Waals surface area contributed by atoms with Crippen LogP contribution in [0.25, 0.3) is 0 Å². The lowest BCUT2D eigenvalue weighted by atomic mass is 10.1. The molecule has 2 N–H and O–H groups in total. The molecule has 1 amide bonds. The molecule has 0 saturated carbocycles. The van der Waals surface area contributed by atoms with Crippen molar-refractivity contribution in [3.05, 3.63) is 35.4 Å². The fraction of sp³-hybridized carbons (Fsp3) is 0.385. The monoisotopic (exact) mass is 314 g/mol. The lowest BCUT2D eigenvalue weighted by molar-refractivity contribution is -0.120. The van der Waals surface area contributed by atoms with E-state index in [0.717, 1.165) is 9.87 Å². The minimum Gasteiger partial charge on any atom is -0.478 e. The molecule has 0 fully saturated rings. The summed E-state index contributed by atoms with van der Waals surface area (Å²) >= 11 is 0. The molecule has 1 aromatic rings. The SMILES string of the molecule is CN(C)S(=O)(=O)CCC(=O)NCc1ccc(C(=O)O)cc1. The fourth-order valence-electron chi connectivity index (χ4n) is 1.46. The first-order valence-electron chi connectivity index (χ1n) is 6.21. The van der Waals surface area contributed by atoms with E-state index >= 15 is 0 Å². The van der Waals surface area contributed by atoms with Crippen LogP contribution in [-0.4, -0.2) is 49.6 Å². The Labute approximate surface area is 123 Å². The van der Waals surface area contributed by atoms with E-state index in [4.69, 9.17) is 5.11 Å². The summed E-state index contributed by atoms with van der Waals surface area (Å²) in [6, 6.07) is 6.08. The van der Waals surface area contributed by atoms with Crippen molar-refractivity contribution in [2.24, 2.45) is 0 Å². The van der Waals surface area contributed by atoms with E-state index in [2.05, 4.69) is 5.32 Å². The van der Waals surface area contributed by atoms with Crippen LogP contribution in [0.1, 0.15) is 22.3 Å². The van der Waals surface area contributed by atoms with Gasteiger partial charge in [-0.05, 0) is 17.7 Å². The normalized spacial score (nSPS) is 11.4. The minimum atomic E-state index is -3.38. The van der Waals surface area contributed by atoms with Crippen LogP contribution in [0.4, 0.5) is 0 Å². The van der Waals surface area contributed by atoms with E-state index in [0.29, 0.717) is 0 Å². The van der Waals surface area contributed by atoms with Gasteiger partial charge in [0.2, 0.25) is 15.9 Å². The molecule has 0 aliphatic carbocycles. The van der Waals surface area contributed by atoms with Crippen molar-refractivity contribution in [2.45, 2.75) is 13.0 Å². The molecule has 8 heteroatoms. The molecule has 0 spiro atoms. The predicted molar refractivity (Wildman–Crippen MR) is 77.3 cm³/mol. The summed E-state index contributed by atoms with van der Waals surface area (Å²) in [5, 5.41) is 11.3. The molecule has 0 heterocycles. The summed E-state index contributed by atoms with van der Waals surface area (Å²) in [4.78, 5) is 22.3. The van der Waals surface area contributed by atoms with Crippen molar-refractivity contribution >= 4 is 21.9 Å². The van der Waals surface area contributed by atoms with E-state index in [1.54, 1.807) is 12.1 Å². The van der Waals surface area contributed by atoms with E-state index in [1.165, 1.54) is 26.2 Å². The second-order valence-electron chi connectivity index (χ2n) is 4.63. The summed E-state index contributed by atoms with van der Waals surface area (Å²) in [6.07, 6.45) is -0.117. The molecule has 1 aromatic carbocycles. The van der Waals surface area contributed by atoms with Crippen LogP contribution in [0.3, 0.4) is 0 Å². The van der Waals surface area contributed by atoms with Gasteiger partial charge in [0.05, 0.1) is 11.3 Å². The number of nitrogens with one attached hydrogen (secondary N) is 1. The van der Waals surface area contributed by atoms with Crippen molar-refractivity contribution < 1.29 is 23.1 Å². The molecule has 1 rings (SSSR count). The Kier molecular flexibility index (Phi) is 5.86. The summed E-state index contributed by atoms with van der Waals surface area (Å²) in [5.41, 5.74) is 0.908.